The van der Waals surface area contributed by atoms with E-state index in [0.29, 0.717) is 6.42 Å². The lowest BCUT2D eigenvalue weighted by Gasteiger charge is -2.19. The Kier molecular flexibility index (Phi) is 3.25. The van der Waals surface area contributed by atoms with Gasteiger partial charge in [-0.2, -0.15) is 0 Å². The Balaban J connectivity index is 2.53. The fourth-order valence-electron chi connectivity index (χ4n) is 1.17. The molecule has 1 amide bonds. The number of benzene rings is 1. The van der Waals surface area contributed by atoms with Crippen LogP contribution in [0.15, 0.2) is 30.3 Å². The SMILES string of the molecule is C[C@@](N)(CCc1ccccc1)C(N)=O. The average molecular weight is 192 g/mol. The van der Waals surface area contributed by atoms with Crippen molar-refractivity contribution < 1.29 is 4.79 Å². The highest BCUT2D eigenvalue weighted by Crippen LogP contribution is 2.10. The van der Waals surface area contributed by atoms with Crippen LogP contribution in [0.4, 0.5) is 0 Å². The van der Waals surface area contributed by atoms with E-state index in [9.17, 15) is 4.79 Å². The second kappa shape index (κ2) is 4.24. The molecule has 4 N–H and O–H groups in total. The Bertz CT molecular complexity index is 306. The molecule has 0 bridgehead atoms. The Morgan fingerprint density at radius 2 is 1.93 bits per heavy atom. The lowest BCUT2D eigenvalue weighted by Crippen LogP contribution is -2.49. The number of nitrogens with two attached hydrogens (primary N) is 2. The van der Waals surface area contributed by atoms with E-state index in [2.05, 4.69) is 0 Å². The first kappa shape index (κ1) is 10.7. The van der Waals surface area contributed by atoms with Crippen molar-refractivity contribution in [3.05, 3.63) is 35.9 Å². The molecule has 1 aromatic carbocycles. The van der Waals surface area contributed by atoms with Gasteiger partial charge in [-0.15, -0.1) is 0 Å². The molecular weight excluding hydrogens is 176 g/mol. The fourth-order valence-corrected chi connectivity index (χ4v) is 1.17. The van der Waals surface area contributed by atoms with Gasteiger partial charge in [-0.05, 0) is 25.3 Å². The monoisotopic (exact) mass is 192 g/mol. The van der Waals surface area contributed by atoms with Crippen molar-refractivity contribution in [1.82, 2.24) is 0 Å². The van der Waals surface area contributed by atoms with Crippen LogP contribution in [-0.2, 0) is 11.2 Å². The molecule has 1 rings (SSSR count). The predicted molar refractivity (Wildman–Crippen MR) is 56.5 cm³/mol. The summed E-state index contributed by atoms with van der Waals surface area (Å²) >= 11 is 0. The van der Waals surface area contributed by atoms with E-state index < -0.39 is 11.4 Å². The van der Waals surface area contributed by atoms with Crippen molar-refractivity contribution in [1.29, 1.82) is 0 Å². The Labute approximate surface area is 84.1 Å². The standard InChI is InChI=1S/C11H16N2O/c1-11(13,10(12)14)8-7-9-5-3-2-4-6-9/h2-6H,7-8,13H2,1H3,(H2,12,14)/t11-/m1/s1. The molecule has 0 unspecified atom stereocenters. The number of hydrogen-bond acceptors (Lipinski definition) is 2. The first-order valence-electron chi connectivity index (χ1n) is 4.65. The quantitative estimate of drug-likeness (QED) is 0.741. The molecule has 1 atom stereocenters. The van der Waals surface area contributed by atoms with Crippen molar-refractivity contribution in [2.45, 2.75) is 25.3 Å². The lowest BCUT2D eigenvalue weighted by molar-refractivity contribution is -0.122. The zero-order valence-corrected chi connectivity index (χ0v) is 8.36. The molecule has 76 valence electrons. The Morgan fingerprint density at radius 1 is 1.36 bits per heavy atom. The van der Waals surface area contributed by atoms with E-state index in [1.54, 1.807) is 6.92 Å². The molecule has 14 heavy (non-hydrogen) atoms. The van der Waals surface area contributed by atoms with Crippen LogP contribution in [0.1, 0.15) is 18.9 Å². The van der Waals surface area contributed by atoms with Gasteiger partial charge in [0.25, 0.3) is 0 Å². The summed E-state index contributed by atoms with van der Waals surface area (Å²) in [6.45, 7) is 1.66. The molecule has 3 heteroatoms. The summed E-state index contributed by atoms with van der Waals surface area (Å²) in [5, 5.41) is 0. The Hall–Kier alpha value is -1.35. The van der Waals surface area contributed by atoms with Gasteiger partial charge >= 0.3 is 0 Å². The molecule has 0 heterocycles. The van der Waals surface area contributed by atoms with Gasteiger partial charge in [0.1, 0.15) is 0 Å². The molecule has 3 nitrogen and oxygen atoms in total. The third kappa shape index (κ3) is 2.85. The number of hydrogen-bond donors (Lipinski definition) is 2. The highest BCUT2D eigenvalue weighted by Gasteiger charge is 2.24. The summed E-state index contributed by atoms with van der Waals surface area (Å²) < 4.78 is 0. The van der Waals surface area contributed by atoms with Crippen LogP contribution >= 0.6 is 0 Å². The number of rotatable bonds is 4. The van der Waals surface area contributed by atoms with Gasteiger partial charge in [0, 0.05) is 0 Å². The van der Waals surface area contributed by atoms with Gasteiger partial charge in [0.2, 0.25) is 5.91 Å². The molecule has 0 aliphatic rings. The first-order valence-corrected chi connectivity index (χ1v) is 4.65. The number of aryl methyl sites for hydroxylation is 1. The van der Waals surface area contributed by atoms with Crippen LogP contribution in [-0.4, -0.2) is 11.4 Å². The van der Waals surface area contributed by atoms with E-state index in [1.165, 1.54) is 5.56 Å². The van der Waals surface area contributed by atoms with Crippen LogP contribution < -0.4 is 11.5 Å². The summed E-state index contributed by atoms with van der Waals surface area (Å²) in [5.74, 6) is -0.451. The average Bonchev–Trinajstić information content (AvgIpc) is 2.16. The van der Waals surface area contributed by atoms with Crippen LogP contribution in [0.25, 0.3) is 0 Å². The molecule has 0 aliphatic heterocycles. The van der Waals surface area contributed by atoms with Gasteiger partial charge in [-0.25, -0.2) is 0 Å². The van der Waals surface area contributed by atoms with Crippen molar-refractivity contribution in [3.63, 3.8) is 0 Å². The van der Waals surface area contributed by atoms with Crippen molar-refractivity contribution in [2.24, 2.45) is 11.5 Å². The van der Waals surface area contributed by atoms with Crippen molar-refractivity contribution in [2.75, 3.05) is 0 Å². The van der Waals surface area contributed by atoms with E-state index in [-0.39, 0.29) is 0 Å². The maximum Gasteiger partial charge on any atom is 0.237 e. The second-order valence-corrected chi connectivity index (χ2v) is 3.77. The maximum absolute atomic E-state index is 10.9. The van der Waals surface area contributed by atoms with Crippen molar-refractivity contribution >= 4 is 5.91 Å². The fraction of sp³-hybridized carbons (Fsp3) is 0.364. The van der Waals surface area contributed by atoms with Gasteiger partial charge < -0.3 is 11.5 Å². The summed E-state index contributed by atoms with van der Waals surface area (Å²) in [4.78, 5) is 10.9. The maximum atomic E-state index is 10.9. The molecule has 0 spiro atoms. The molecule has 1 aromatic rings. The molecule has 0 aliphatic carbocycles. The smallest absolute Gasteiger partial charge is 0.237 e. The Morgan fingerprint density at radius 3 is 2.43 bits per heavy atom. The topological polar surface area (TPSA) is 69.1 Å². The molecular formula is C11H16N2O. The zero-order valence-electron chi connectivity index (χ0n) is 8.36. The molecule has 0 fully saturated rings. The summed E-state index contributed by atoms with van der Waals surface area (Å²) in [6, 6.07) is 9.91. The van der Waals surface area contributed by atoms with Crippen LogP contribution in [0.3, 0.4) is 0 Å². The highest BCUT2D eigenvalue weighted by molar-refractivity contribution is 5.83. The van der Waals surface area contributed by atoms with Gasteiger partial charge in [0.15, 0.2) is 0 Å². The third-order valence-electron chi connectivity index (χ3n) is 2.34. The van der Waals surface area contributed by atoms with E-state index in [1.807, 2.05) is 30.3 Å². The number of carbonyl (C=O) groups is 1. The first-order chi connectivity index (χ1) is 6.52. The van der Waals surface area contributed by atoms with Gasteiger partial charge in [-0.3, -0.25) is 4.79 Å². The molecule has 0 saturated heterocycles. The minimum atomic E-state index is -0.907. The number of primary amides is 1. The zero-order chi connectivity index (χ0) is 10.6. The normalized spacial score (nSPS) is 14.7. The highest BCUT2D eigenvalue weighted by atomic mass is 16.1. The second-order valence-electron chi connectivity index (χ2n) is 3.77. The molecule has 0 aromatic heterocycles. The summed E-state index contributed by atoms with van der Waals surface area (Å²) in [6.07, 6.45) is 1.35. The molecule has 0 saturated carbocycles. The van der Waals surface area contributed by atoms with E-state index in [0.717, 1.165) is 6.42 Å². The third-order valence-corrected chi connectivity index (χ3v) is 2.34. The largest absolute Gasteiger partial charge is 0.368 e. The number of carbonyl (C=O) groups excluding carboxylic acids is 1. The minimum absolute atomic E-state index is 0.451. The van der Waals surface area contributed by atoms with Gasteiger partial charge in [-0.1, -0.05) is 30.3 Å². The summed E-state index contributed by atoms with van der Waals surface area (Å²) in [7, 11) is 0. The number of amides is 1. The predicted octanol–water partition coefficient (Wildman–Crippen LogP) is 0.822. The minimum Gasteiger partial charge on any atom is -0.368 e. The van der Waals surface area contributed by atoms with Crippen LogP contribution in [0, 0.1) is 0 Å². The van der Waals surface area contributed by atoms with Crippen LogP contribution in [0.2, 0.25) is 0 Å². The summed E-state index contributed by atoms with van der Waals surface area (Å²) in [5.41, 5.74) is 11.2. The van der Waals surface area contributed by atoms with E-state index in [4.69, 9.17) is 11.5 Å². The lowest BCUT2D eigenvalue weighted by atomic mass is 9.94. The molecule has 0 radical (unpaired) electrons. The van der Waals surface area contributed by atoms with Crippen LogP contribution in [0.5, 0.6) is 0 Å². The van der Waals surface area contributed by atoms with Crippen molar-refractivity contribution in [3.8, 4) is 0 Å². The van der Waals surface area contributed by atoms with E-state index >= 15 is 0 Å². The van der Waals surface area contributed by atoms with Gasteiger partial charge in [0.05, 0.1) is 5.54 Å².